The van der Waals surface area contributed by atoms with Crippen molar-refractivity contribution in [2.45, 2.75) is 38.3 Å². The van der Waals surface area contributed by atoms with E-state index in [0.717, 1.165) is 25.8 Å². The molecule has 6 nitrogen and oxygen atoms in total. The highest BCUT2D eigenvalue weighted by molar-refractivity contribution is 5.77. The van der Waals surface area contributed by atoms with Gasteiger partial charge in [0.1, 0.15) is 0 Å². The van der Waals surface area contributed by atoms with E-state index in [-0.39, 0.29) is 18.6 Å². The number of ether oxygens (including phenoxy) is 1. The monoisotopic (exact) mass is 256 g/mol. The van der Waals surface area contributed by atoms with Crippen molar-refractivity contribution in [3.8, 4) is 0 Å². The molecule has 0 saturated carbocycles. The van der Waals surface area contributed by atoms with Gasteiger partial charge in [-0.1, -0.05) is 0 Å². The van der Waals surface area contributed by atoms with E-state index in [4.69, 9.17) is 9.84 Å². The molecule has 2 aliphatic rings. The van der Waals surface area contributed by atoms with Crippen molar-refractivity contribution in [3.05, 3.63) is 0 Å². The summed E-state index contributed by atoms with van der Waals surface area (Å²) in [5, 5.41) is 8.92. The zero-order chi connectivity index (χ0) is 13.1. The Morgan fingerprint density at radius 3 is 2.72 bits per heavy atom. The van der Waals surface area contributed by atoms with Crippen LogP contribution in [0.2, 0.25) is 0 Å². The van der Waals surface area contributed by atoms with E-state index in [9.17, 15) is 9.59 Å². The highest BCUT2D eigenvalue weighted by Crippen LogP contribution is 2.19. The van der Waals surface area contributed by atoms with Crippen molar-refractivity contribution in [1.29, 1.82) is 0 Å². The van der Waals surface area contributed by atoms with Crippen LogP contribution in [-0.2, 0) is 9.53 Å². The fourth-order valence-corrected chi connectivity index (χ4v) is 2.54. The van der Waals surface area contributed by atoms with Crippen molar-refractivity contribution in [2.24, 2.45) is 0 Å². The number of aliphatic carboxylic acids is 1. The predicted octanol–water partition coefficient (Wildman–Crippen LogP) is 0.766. The normalized spacial score (nSPS) is 29.2. The highest BCUT2D eigenvalue weighted by atomic mass is 16.5. The van der Waals surface area contributed by atoms with Crippen LogP contribution < -0.4 is 0 Å². The van der Waals surface area contributed by atoms with Gasteiger partial charge in [0.2, 0.25) is 0 Å². The number of urea groups is 1. The van der Waals surface area contributed by atoms with Gasteiger partial charge in [-0.25, -0.2) is 9.59 Å². The van der Waals surface area contributed by atoms with Crippen LogP contribution in [0, 0.1) is 0 Å². The summed E-state index contributed by atoms with van der Waals surface area (Å²) in [5.41, 5.74) is 0. The van der Waals surface area contributed by atoms with Crippen LogP contribution in [0.1, 0.15) is 26.2 Å². The van der Waals surface area contributed by atoms with Crippen molar-refractivity contribution in [1.82, 2.24) is 9.80 Å². The molecule has 0 bridgehead atoms. The average molecular weight is 256 g/mol. The van der Waals surface area contributed by atoms with Crippen molar-refractivity contribution >= 4 is 12.0 Å². The van der Waals surface area contributed by atoms with Crippen LogP contribution in [0.4, 0.5) is 4.79 Å². The fraction of sp³-hybridized carbons (Fsp3) is 0.833. The van der Waals surface area contributed by atoms with Gasteiger partial charge in [0.15, 0.2) is 6.10 Å². The smallest absolute Gasteiger partial charge is 0.334 e. The molecule has 0 aromatic heterocycles. The summed E-state index contributed by atoms with van der Waals surface area (Å²) in [6, 6.07) is 0.203. The van der Waals surface area contributed by atoms with Gasteiger partial charge in [0.25, 0.3) is 0 Å². The SMILES string of the molecule is CC1CCCCN1C(=O)N1CCOC(C(=O)O)C1. The second-order valence-corrected chi connectivity index (χ2v) is 4.96. The summed E-state index contributed by atoms with van der Waals surface area (Å²) in [5.74, 6) is -1.00. The molecule has 2 unspecified atom stereocenters. The van der Waals surface area contributed by atoms with Gasteiger partial charge in [0, 0.05) is 19.1 Å². The molecule has 2 amide bonds. The Bertz CT molecular complexity index is 334. The lowest BCUT2D eigenvalue weighted by Crippen LogP contribution is -2.55. The quantitative estimate of drug-likeness (QED) is 0.752. The molecule has 2 saturated heterocycles. The van der Waals surface area contributed by atoms with Crippen LogP contribution in [-0.4, -0.2) is 65.3 Å². The zero-order valence-electron chi connectivity index (χ0n) is 10.7. The van der Waals surface area contributed by atoms with Gasteiger partial charge in [-0.15, -0.1) is 0 Å². The first kappa shape index (κ1) is 13.1. The standard InChI is InChI=1S/C12H20N2O4/c1-9-4-2-3-5-14(9)12(17)13-6-7-18-10(8-13)11(15)16/h9-10H,2-8H2,1H3,(H,15,16). The molecule has 0 aromatic carbocycles. The van der Waals surface area contributed by atoms with Crippen LogP contribution in [0.5, 0.6) is 0 Å². The molecule has 1 N–H and O–H groups in total. The molecular formula is C12H20N2O4. The molecule has 2 fully saturated rings. The number of rotatable bonds is 1. The maximum Gasteiger partial charge on any atom is 0.334 e. The number of likely N-dealkylation sites (tertiary alicyclic amines) is 1. The lowest BCUT2D eigenvalue weighted by Gasteiger charge is -2.39. The summed E-state index contributed by atoms with van der Waals surface area (Å²) in [7, 11) is 0. The fourth-order valence-electron chi connectivity index (χ4n) is 2.54. The van der Waals surface area contributed by atoms with Crippen LogP contribution >= 0.6 is 0 Å². The van der Waals surface area contributed by atoms with Crippen LogP contribution in [0.3, 0.4) is 0 Å². The van der Waals surface area contributed by atoms with E-state index in [1.165, 1.54) is 0 Å². The summed E-state index contributed by atoms with van der Waals surface area (Å²) < 4.78 is 5.12. The first-order valence-corrected chi connectivity index (χ1v) is 6.49. The minimum absolute atomic E-state index is 0.0447. The molecule has 0 aliphatic carbocycles. The molecule has 2 rings (SSSR count). The van der Waals surface area contributed by atoms with E-state index < -0.39 is 12.1 Å². The first-order chi connectivity index (χ1) is 8.59. The van der Waals surface area contributed by atoms with Crippen molar-refractivity contribution in [3.63, 3.8) is 0 Å². The van der Waals surface area contributed by atoms with E-state index in [1.807, 2.05) is 11.8 Å². The Hall–Kier alpha value is -1.30. The van der Waals surface area contributed by atoms with E-state index in [2.05, 4.69) is 0 Å². The average Bonchev–Trinajstić information content (AvgIpc) is 2.38. The molecule has 2 atom stereocenters. The second-order valence-electron chi connectivity index (χ2n) is 4.96. The molecule has 2 aliphatic heterocycles. The highest BCUT2D eigenvalue weighted by Gasteiger charge is 2.33. The maximum atomic E-state index is 12.3. The number of piperidine rings is 1. The molecular weight excluding hydrogens is 236 g/mol. The van der Waals surface area contributed by atoms with E-state index >= 15 is 0 Å². The summed E-state index contributed by atoms with van der Waals surface area (Å²) in [6.07, 6.45) is 2.33. The number of carboxylic acids is 1. The number of amides is 2. The summed E-state index contributed by atoms with van der Waals surface area (Å²) in [6.45, 7) is 3.75. The Labute approximate surface area is 106 Å². The molecule has 102 valence electrons. The van der Waals surface area contributed by atoms with E-state index in [1.54, 1.807) is 4.90 Å². The number of hydrogen-bond donors (Lipinski definition) is 1. The lowest BCUT2D eigenvalue weighted by molar-refractivity contribution is -0.154. The molecule has 2 heterocycles. The summed E-state index contributed by atoms with van der Waals surface area (Å²) in [4.78, 5) is 26.7. The van der Waals surface area contributed by atoms with Gasteiger partial charge in [-0.05, 0) is 26.2 Å². The molecule has 0 spiro atoms. The number of carbonyl (C=O) groups is 2. The number of morpholine rings is 1. The topological polar surface area (TPSA) is 70.1 Å². The Kier molecular flexibility index (Phi) is 4.06. The maximum absolute atomic E-state index is 12.3. The number of carboxylic acid groups (broad SMARTS) is 1. The van der Waals surface area contributed by atoms with Gasteiger partial charge >= 0.3 is 12.0 Å². The number of nitrogens with zero attached hydrogens (tertiary/aromatic N) is 2. The third-order valence-corrected chi connectivity index (χ3v) is 3.66. The van der Waals surface area contributed by atoms with E-state index in [0.29, 0.717) is 13.2 Å². The minimum atomic E-state index is -1.00. The Morgan fingerprint density at radius 2 is 2.06 bits per heavy atom. The summed E-state index contributed by atoms with van der Waals surface area (Å²) >= 11 is 0. The lowest BCUT2D eigenvalue weighted by atomic mass is 10.0. The molecule has 6 heteroatoms. The molecule has 0 aromatic rings. The first-order valence-electron chi connectivity index (χ1n) is 6.49. The number of hydrogen-bond acceptors (Lipinski definition) is 3. The largest absolute Gasteiger partial charge is 0.479 e. The van der Waals surface area contributed by atoms with Crippen LogP contribution in [0.15, 0.2) is 0 Å². The Morgan fingerprint density at radius 1 is 1.28 bits per heavy atom. The molecule has 0 radical (unpaired) electrons. The van der Waals surface area contributed by atoms with Crippen LogP contribution in [0.25, 0.3) is 0 Å². The van der Waals surface area contributed by atoms with Gasteiger partial charge < -0.3 is 19.6 Å². The third kappa shape index (κ3) is 2.75. The molecule has 18 heavy (non-hydrogen) atoms. The zero-order valence-corrected chi connectivity index (χ0v) is 10.7. The Balaban J connectivity index is 1.97. The predicted molar refractivity (Wildman–Crippen MR) is 64.4 cm³/mol. The van der Waals surface area contributed by atoms with Gasteiger partial charge in [0.05, 0.1) is 13.2 Å². The number of carbonyl (C=O) groups excluding carboxylic acids is 1. The second kappa shape index (κ2) is 5.56. The van der Waals surface area contributed by atoms with Gasteiger partial charge in [-0.3, -0.25) is 0 Å². The van der Waals surface area contributed by atoms with Crippen molar-refractivity contribution in [2.75, 3.05) is 26.2 Å². The third-order valence-electron chi connectivity index (χ3n) is 3.66. The van der Waals surface area contributed by atoms with Gasteiger partial charge in [-0.2, -0.15) is 0 Å². The van der Waals surface area contributed by atoms with Crippen molar-refractivity contribution < 1.29 is 19.4 Å². The minimum Gasteiger partial charge on any atom is -0.479 e.